The predicted molar refractivity (Wildman–Crippen MR) is 134 cm³/mol. The number of rotatable bonds is 11. The van der Waals surface area contributed by atoms with Crippen molar-refractivity contribution in [2.45, 2.75) is 45.6 Å². The highest BCUT2D eigenvalue weighted by atomic mass is 19.3. The van der Waals surface area contributed by atoms with Gasteiger partial charge in [-0.3, -0.25) is 0 Å². The third-order valence-electron chi connectivity index (χ3n) is 6.11. The average molecular weight is 497 g/mol. The summed E-state index contributed by atoms with van der Waals surface area (Å²) in [6.45, 7) is -0.305. The summed E-state index contributed by atoms with van der Waals surface area (Å²) in [4.78, 5) is 0. The molecule has 0 heterocycles. The van der Waals surface area contributed by atoms with Gasteiger partial charge in [0.05, 0.1) is 6.61 Å². The zero-order valence-electron chi connectivity index (χ0n) is 20.1. The van der Waals surface area contributed by atoms with E-state index in [1.54, 1.807) is 36.4 Å². The molecule has 0 bridgehead atoms. The lowest BCUT2D eigenvalue weighted by molar-refractivity contribution is -0.0498. The van der Waals surface area contributed by atoms with Gasteiger partial charge in [0.1, 0.15) is 23.1 Å². The van der Waals surface area contributed by atoms with Crippen LogP contribution in [0.3, 0.4) is 0 Å². The Kier molecular flexibility index (Phi) is 8.47. The van der Waals surface area contributed by atoms with Gasteiger partial charge in [-0.25, -0.2) is 8.78 Å². The lowest BCUT2D eigenvalue weighted by Crippen LogP contribution is -2.02. The summed E-state index contributed by atoms with van der Waals surface area (Å²) in [5.41, 5.74) is 3.13. The highest BCUT2D eigenvalue weighted by molar-refractivity contribution is 5.84. The van der Waals surface area contributed by atoms with Crippen molar-refractivity contribution in [3.8, 4) is 11.5 Å². The van der Waals surface area contributed by atoms with Crippen LogP contribution in [0, 0.1) is 11.6 Å². The SMILES string of the molecule is CCCOc1ccc(CCc2ccc3c(F)c(CCc4ccc(OC(F)F)cc4)ccc3c2)c(F)c1. The van der Waals surface area contributed by atoms with Gasteiger partial charge in [0.15, 0.2) is 0 Å². The van der Waals surface area contributed by atoms with Crippen LogP contribution in [0.5, 0.6) is 11.5 Å². The van der Waals surface area contributed by atoms with Gasteiger partial charge in [-0.05, 0) is 77.9 Å². The first-order chi connectivity index (χ1) is 17.4. The van der Waals surface area contributed by atoms with Gasteiger partial charge in [0.25, 0.3) is 0 Å². The minimum Gasteiger partial charge on any atom is -0.494 e. The maximum absolute atomic E-state index is 15.2. The first-order valence-corrected chi connectivity index (χ1v) is 12.1. The number of hydrogen-bond acceptors (Lipinski definition) is 2. The molecular formula is C30H28F4O2. The normalized spacial score (nSPS) is 11.3. The van der Waals surface area contributed by atoms with Crippen molar-refractivity contribution < 1.29 is 27.0 Å². The molecule has 0 aliphatic heterocycles. The van der Waals surface area contributed by atoms with E-state index in [-0.39, 0.29) is 17.4 Å². The number of halogens is 4. The summed E-state index contributed by atoms with van der Waals surface area (Å²) in [6, 6.07) is 20.6. The first kappa shape index (κ1) is 25.5. The van der Waals surface area contributed by atoms with Crippen molar-refractivity contribution in [1.29, 1.82) is 0 Å². The van der Waals surface area contributed by atoms with Gasteiger partial charge in [-0.1, -0.05) is 55.5 Å². The molecule has 0 saturated heterocycles. The number of benzene rings is 4. The molecule has 0 fully saturated rings. The third kappa shape index (κ3) is 6.56. The number of aryl methyl sites for hydroxylation is 4. The topological polar surface area (TPSA) is 18.5 Å². The Morgan fingerprint density at radius 1 is 0.694 bits per heavy atom. The molecule has 6 heteroatoms. The average Bonchev–Trinajstić information content (AvgIpc) is 2.87. The van der Waals surface area contributed by atoms with Crippen molar-refractivity contribution in [2.24, 2.45) is 0 Å². The Morgan fingerprint density at radius 3 is 2.08 bits per heavy atom. The van der Waals surface area contributed by atoms with Crippen LogP contribution in [0.1, 0.15) is 35.6 Å². The number of ether oxygens (including phenoxy) is 2. The largest absolute Gasteiger partial charge is 0.494 e. The molecule has 36 heavy (non-hydrogen) atoms. The molecule has 0 aliphatic rings. The molecule has 0 spiro atoms. The van der Waals surface area contributed by atoms with Crippen LogP contribution in [-0.2, 0) is 25.7 Å². The van der Waals surface area contributed by atoms with Gasteiger partial charge < -0.3 is 9.47 Å². The number of alkyl halides is 2. The van der Waals surface area contributed by atoms with E-state index in [1.807, 2.05) is 25.1 Å². The second-order valence-corrected chi connectivity index (χ2v) is 8.72. The number of hydrogen-bond donors (Lipinski definition) is 0. The molecule has 0 aromatic heterocycles. The van der Waals surface area contributed by atoms with Crippen molar-refractivity contribution in [3.63, 3.8) is 0 Å². The summed E-state index contributed by atoms with van der Waals surface area (Å²) in [7, 11) is 0. The second kappa shape index (κ2) is 11.9. The zero-order chi connectivity index (χ0) is 25.5. The van der Waals surface area contributed by atoms with Crippen molar-refractivity contribution in [3.05, 3.63) is 107 Å². The van der Waals surface area contributed by atoms with E-state index < -0.39 is 6.61 Å². The van der Waals surface area contributed by atoms with Crippen LogP contribution in [0.2, 0.25) is 0 Å². The van der Waals surface area contributed by atoms with Gasteiger partial charge in [-0.2, -0.15) is 8.78 Å². The number of fused-ring (bicyclic) bond motifs is 1. The van der Waals surface area contributed by atoms with Crippen molar-refractivity contribution >= 4 is 10.8 Å². The Hall–Kier alpha value is -3.54. The van der Waals surface area contributed by atoms with Crippen LogP contribution in [0.25, 0.3) is 10.8 Å². The zero-order valence-corrected chi connectivity index (χ0v) is 20.1. The van der Waals surface area contributed by atoms with Crippen LogP contribution < -0.4 is 9.47 Å². The molecule has 0 unspecified atom stereocenters. The fourth-order valence-electron chi connectivity index (χ4n) is 4.17. The molecule has 188 valence electrons. The molecule has 0 radical (unpaired) electrons. The fourth-order valence-corrected chi connectivity index (χ4v) is 4.17. The molecular weight excluding hydrogens is 468 g/mol. The van der Waals surface area contributed by atoms with Gasteiger partial charge >= 0.3 is 6.61 Å². The lowest BCUT2D eigenvalue weighted by Gasteiger charge is -2.10. The molecule has 0 saturated carbocycles. The van der Waals surface area contributed by atoms with E-state index in [0.717, 1.165) is 22.9 Å². The van der Waals surface area contributed by atoms with Crippen LogP contribution >= 0.6 is 0 Å². The summed E-state index contributed by atoms with van der Waals surface area (Å²) in [5, 5.41) is 1.34. The van der Waals surface area contributed by atoms with E-state index in [0.29, 0.717) is 54.6 Å². The highest BCUT2D eigenvalue weighted by Crippen LogP contribution is 2.25. The van der Waals surface area contributed by atoms with E-state index in [1.165, 1.54) is 18.2 Å². The Morgan fingerprint density at radius 2 is 1.36 bits per heavy atom. The Bertz CT molecular complexity index is 1300. The van der Waals surface area contributed by atoms with Crippen LogP contribution in [-0.4, -0.2) is 13.2 Å². The quantitative estimate of drug-likeness (QED) is 0.196. The van der Waals surface area contributed by atoms with Crippen LogP contribution in [0.4, 0.5) is 17.6 Å². The van der Waals surface area contributed by atoms with E-state index in [9.17, 15) is 13.2 Å². The lowest BCUT2D eigenvalue weighted by atomic mass is 9.97. The summed E-state index contributed by atoms with van der Waals surface area (Å²) < 4.78 is 64.0. The first-order valence-electron chi connectivity index (χ1n) is 12.1. The predicted octanol–water partition coefficient (Wildman–Crippen LogP) is 8.08. The molecule has 4 aromatic rings. The van der Waals surface area contributed by atoms with Crippen LogP contribution in [0.15, 0.2) is 72.8 Å². The minimum absolute atomic E-state index is 0.0992. The standard InChI is InChI=1S/C30H28F4O2/c1-2-17-35-26-15-12-22(28(31)19-26)8-4-21-7-16-27-24(18-21)11-10-23(29(27)32)9-3-20-5-13-25(14-6-20)36-30(33)34/h5-7,10-16,18-19,30H,2-4,8-9,17H2,1H3. The maximum atomic E-state index is 15.2. The molecule has 0 N–H and O–H groups in total. The fraction of sp³-hybridized carbons (Fsp3) is 0.267. The van der Waals surface area contributed by atoms with Gasteiger partial charge in [0.2, 0.25) is 0 Å². The Balaban J connectivity index is 1.39. The summed E-state index contributed by atoms with van der Waals surface area (Å²) in [6.07, 6.45) is 3.09. The molecule has 0 atom stereocenters. The minimum atomic E-state index is -2.86. The molecule has 4 aromatic carbocycles. The van der Waals surface area contributed by atoms with Gasteiger partial charge in [-0.15, -0.1) is 0 Å². The van der Waals surface area contributed by atoms with Crippen molar-refractivity contribution in [1.82, 2.24) is 0 Å². The molecule has 4 rings (SSSR count). The van der Waals surface area contributed by atoms with E-state index in [4.69, 9.17) is 4.74 Å². The highest BCUT2D eigenvalue weighted by Gasteiger charge is 2.10. The maximum Gasteiger partial charge on any atom is 0.387 e. The summed E-state index contributed by atoms with van der Waals surface area (Å²) >= 11 is 0. The monoisotopic (exact) mass is 496 g/mol. The molecule has 2 nitrogen and oxygen atoms in total. The van der Waals surface area contributed by atoms with E-state index in [2.05, 4.69) is 4.74 Å². The summed E-state index contributed by atoms with van der Waals surface area (Å²) in [5.74, 6) is 0.0942. The molecule has 0 aliphatic carbocycles. The smallest absolute Gasteiger partial charge is 0.387 e. The molecule has 0 amide bonds. The van der Waals surface area contributed by atoms with Crippen molar-refractivity contribution in [2.75, 3.05) is 6.61 Å². The van der Waals surface area contributed by atoms with Gasteiger partial charge in [0, 0.05) is 11.5 Å². The second-order valence-electron chi connectivity index (χ2n) is 8.72. The Labute approximate surface area is 208 Å². The van der Waals surface area contributed by atoms with E-state index >= 15 is 4.39 Å². The third-order valence-corrected chi connectivity index (χ3v) is 6.11.